The molecule has 3 N–H and O–H groups in total. The molecule has 5 heteroatoms. The maximum Gasteiger partial charge on any atom is 0.182 e. The molecule has 0 aliphatic carbocycles. The average Bonchev–Trinajstić information content (AvgIpc) is 2.20. The molecule has 0 fully saturated rings. The SMILES string of the molecule is CN(C)c1c(C(N)CO)ccc(F)c1F. The summed E-state index contributed by atoms with van der Waals surface area (Å²) in [6.07, 6.45) is 0. The molecule has 3 nitrogen and oxygen atoms in total. The maximum absolute atomic E-state index is 13.5. The van der Waals surface area contributed by atoms with Crippen molar-refractivity contribution in [1.82, 2.24) is 0 Å². The summed E-state index contributed by atoms with van der Waals surface area (Å²) >= 11 is 0. The van der Waals surface area contributed by atoms with Crippen molar-refractivity contribution < 1.29 is 13.9 Å². The van der Waals surface area contributed by atoms with Crippen molar-refractivity contribution in [2.24, 2.45) is 5.73 Å². The maximum atomic E-state index is 13.5. The second kappa shape index (κ2) is 4.55. The molecule has 0 aliphatic rings. The van der Waals surface area contributed by atoms with Crippen LogP contribution in [-0.2, 0) is 0 Å². The summed E-state index contributed by atoms with van der Waals surface area (Å²) in [5, 5.41) is 8.89. The van der Waals surface area contributed by atoms with E-state index >= 15 is 0 Å². The van der Waals surface area contributed by atoms with Crippen LogP contribution in [0.15, 0.2) is 12.1 Å². The quantitative estimate of drug-likeness (QED) is 0.793. The van der Waals surface area contributed by atoms with Gasteiger partial charge >= 0.3 is 0 Å². The highest BCUT2D eigenvalue weighted by Gasteiger charge is 2.18. The second-order valence-corrected chi connectivity index (χ2v) is 3.48. The topological polar surface area (TPSA) is 49.5 Å². The lowest BCUT2D eigenvalue weighted by Crippen LogP contribution is -2.21. The zero-order valence-electron chi connectivity index (χ0n) is 8.67. The summed E-state index contributed by atoms with van der Waals surface area (Å²) in [6, 6.07) is 1.68. The van der Waals surface area contributed by atoms with Crippen molar-refractivity contribution in [3.8, 4) is 0 Å². The summed E-state index contributed by atoms with van der Waals surface area (Å²) in [4.78, 5) is 1.43. The van der Waals surface area contributed by atoms with E-state index in [9.17, 15) is 8.78 Å². The number of aliphatic hydroxyl groups is 1. The van der Waals surface area contributed by atoms with E-state index in [2.05, 4.69) is 0 Å². The van der Waals surface area contributed by atoms with Gasteiger partial charge in [-0.15, -0.1) is 0 Å². The first kappa shape index (κ1) is 11.9. The van der Waals surface area contributed by atoms with Gasteiger partial charge < -0.3 is 15.7 Å². The molecule has 1 aromatic rings. The van der Waals surface area contributed by atoms with E-state index in [1.807, 2.05) is 0 Å². The molecule has 0 radical (unpaired) electrons. The summed E-state index contributed by atoms with van der Waals surface area (Å²) in [5.74, 6) is -1.87. The number of hydrogen-bond donors (Lipinski definition) is 2. The van der Waals surface area contributed by atoms with Crippen LogP contribution in [0, 0.1) is 11.6 Å². The fraction of sp³-hybridized carbons (Fsp3) is 0.400. The number of anilines is 1. The Morgan fingerprint density at radius 2 is 2.00 bits per heavy atom. The molecule has 84 valence electrons. The fourth-order valence-electron chi connectivity index (χ4n) is 1.41. The molecule has 0 saturated heterocycles. The Morgan fingerprint density at radius 1 is 1.40 bits per heavy atom. The highest BCUT2D eigenvalue weighted by atomic mass is 19.2. The van der Waals surface area contributed by atoms with Gasteiger partial charge in [0.2, 0.25) is 0 Å². The van der Waals surface area contributed by atoms with E-state index in [4.69, 9.17) is 10.8 Å². The first-order valence-corrected chi connectivity index (χ1v) is 4.50. The number of hydrogen-bond acceptors (Lipinski definition) is 3. The predicted molar refractivity (Wildman–Crippen MR) is 54.7 cm³/mol. The normalized spacial score (nSPS) is 12.7. The first-order chi connectivity index (χ1) is 6.99. The van der Waals surface area contributed by atoms with E-state index < -0.39 is 17.7 Å². The van der Waals surface area contributed by atoms with Crippen LogP contribution in [-0.4, -0.2) is 25.8 Å². The van der Waals surface area contributed by atoms with Crippen LogP contribution < -0.4 is 10.6 Å². The average molecular weight is 216 g/mol. The lowest BCUT2D eigenvalue weighted by atomic mass is 10.0. The van der Waals surface area contributed by atoms with Gasteiger partial charge in [0.1, 0.15) is 0 Å². The van der Waals surface area contributed by atoms with Gasteiger partial charge in [-0.05, 0) is 11.6 Å². The molecule has 0 aliphatic heterocycles. The Labute approximate surface area is 87.1 Å². The molecule has 0 aromatic heterocycles. The van der Waals surface area contributed by atoms with Crippen molar-refractivity contribution in [3.63, 3.8) is 0 Å². The fourth-order valence-corrected chi connectivity index (χ4v) is 1.41. The van der Waals surface area contributed by atoms with Gasteiger partial charge in [-0.2, -0.15) is 0 Å². The molecule has 1 unspecified atom stereocenters. The molecule has 0 saturated carbocycles. The molecule has 0 spiro atoms. The van der Waals surface area contributed by atoms with Crippen LogP contribution >= 0.6 is 0 Å². The number of rotatable bonds is 3. The predicted octanol–water partition coefficient (Wildman–Crippen LogP) is 1.02. The summed E-state index contributed by atoms with van der Waals surface area (Å²) in [7, 11) is 3.18. The summed E-state index contributed by atoms with van der Waals surface area (Å²) in [5.41, 5.74) is 6.06. The van der Waals surface area contributed by atoms with Gasteiger partial charge in [0, 0.05) is 14.1 Å². The Morgan fingerprint density at radius 3 is 2.47 bits per heavy atom. The van der Waals surface area contributed by atoms with Gasteiger partial charge in [0.05, 0.1) is 18.3 Å². The Kier molecular flexibility index (Phi) is 3.60. The van der Waals surface area contributed by atoms with E-state index in [1.165, 1.54) is 11.0 Å². The minimum atomic E-state index is -0.943. The van der Waals surface area contributed by atoms with E-state index in [0.717, 1.165) is 6.07 Å². The number of halogens is 2. The number of nitrogens with two attached hydrogens (primary N) is 1. The molecule has 1 aromatic carbocycles. The van der Waals surface area contributed by atoms with Gasteiger partial charge in [-0.3, -0.25) is 0 Å². The zero-order valence-corrected chi connectivity index (χ0v) is 8.67. The van der Waals surface area contributed by atoms with Gasteiger partial charge in [-0.25, -0.2) is 8.78 Å². The largest absolute Gasteiger partial charge is 0.394 e. The third-order valence-corrected chi connectivity index (χ3v) is 2.14. The van der Waals surface area contributed by atoms with Crippen LogP contribution in [0.5, 0.6) is 0 Å². The smallest absolute Gasteiger partial charge is 0.182 e. The third kappa shape index (κ3) is 2.24. The molecule has 0 amide bonds. The Hall–Kier alpha value is -1.20. The third-order valence-electron chi connectivity index (χ3n) is 2.14. The van der Waals surface area contributed by atoms with Crippen LogP contribution in [0.25, 0.3) is 0 Å². The van der Waals surface area contributed by atoms with Crippen molar-refractivity contribution in [3.05, 3.63) is 29.3 Å². The molecular formula is C10H14F2N2O. The van der Waals surface area contributed by atoms with Gasteiger partial charge in [0.15, 0.2) is 11.6 Å². The molecule has 1 atom stereocenters. The minimum Gasteiger partial charge on any atom is -0.394 e. The van der Waals surface area contributed by atoms with Crippen molar-refractivity contribution in [2.75, 3.05) is 25.6 Å². The highest BCUT2D eigenvalue weighted by Crippen LogP contribution is 2.28. The van der Waals surface area contributed by atoms with Crippen molar-refractivity contribution >= 4 is 5.69 Å². The van der Waals surface area contributed by atoms with Crippen molar-refractivity contribution in [1.29, 1.82) is 0 Å². The molecule has 1 rings (SSSR count). The Bertz CT molecular complexity index is 356. The van der Waals surface area contributed by atoms with Gasteiger partial charge in [-0.1, -0.05) is 6.07 Å². The zero-order chi connectivity index (χ0) is 11.6. The van der Waals surface area contributed by atoms with Crippen LogP contribution in [0.1, 0.15) is 11.6 Å². The second-order valence-electron chi connectivity index (χ2n) is 3.48. The van der Waals surface area contributed by atoms with E-state index in [1.54, 1.807) is 14.1 Å². The lowest BCUT2D eigenvalue weighted by Gasteiger charge is -2.21. The first-order valence-electron chi connectivity index (χ1n) is 4.50. The highest BCUT2D eigenvalue weighted by molar-refractivity contribution is 5.55. The number of benzene rings is 1. The van der Waals surface area contributed by atoms with E-state index in [-0.39, 0.29) is 12.3 Å². The van der Waals surface area contributed by atoms with Crippen LogP contribution in [0.4, 0.5) is 14.5 Å². The van der Waals surface area contributed by atoms with Crippen LogP contribution in [0.2, 0.25) is 0 Å². The standard InChI is InChI=1S/C10H14F2N2O/c1-14(2)10-6(8(13)5-15)3-4-7(11)9(10)12/h3-4,8,15H,5,13H2,1-2H3. The molecule has 0 bridgehead atoms. The number of aliphatic hydroxyl groups excluding tert-OH is 1. The molecule has 15 heavy (non-hydrogen) atoms. The minimum absolute atomic E-state index is 0.0801. The van der Waals surface area contributed by atoms with E-state index in [0.29, 0.717) is 5.56 Å². The van der Waals surface area contributed by atoms with Crippen LogP contribution in [0.3, 0.4) is 0 Å². The summed E-state index contributed by atoms with van der Waals surface area (Å²) < 4.78 is 26.4. The number of nitrogens with zero attached hydrogens (tertiary/aromatic N) is 1. The Balaban J connectivity index is 3.33. The molecule has 0 heterocycles. The summed E-state index contributed by atoms with van der Waals surface area (Å²) in [6.45, 7) is -0.314. The monoisotopic (exact) mass is 216 g/mol. The van der Waals surface area contributed by atoms with Gasteiger partial charge in [0.25, 0.3) is 0 Å². The lowest BCUT2D eigenvalue weighted by molar-refractivity contribution is 0.268. The van der Waals surface area contributed by atoms with Crippen molar-refractivity contribution in [2.45, 2.75) is 6.04 Å². The molecular weight excluding hydrogens is 202 g/mol.